The molecule has 0 aliphatic carbocycles. The summed E-state index contributed by atoms with van der Waals surface area (Å²) in [4.78, 5) is 11.7. The molecule has 1 aromatic carbocycles. The van der Waals surface area contributed by atoms with Crippen LogP contribution < -0.4 is 16.0 Å². The summed E-state index contributed by atoms with van der Waals surface area (Å²) in [5.74, 6) is 0.585. The number of aromatic nitrogens is 2. The molecule has 6 heteroatoms. The smallest absolute Gasteiger partial charge is 0.289 e. The molecule has 2 rings (SSSR count). The van der Waals surface area contributed by atoms with Gasteiger partial charge in [0, 0.05) is 12.1 Å². The third kappa shape index (κ3) is 2.56. The number of halogens is 1. The molecule has 0 fully saturated rings. The maximum atomic E-state index is 11.7. The highest BCUT2D eigenvalue weighted by Crippen LogP contribution is 2.29. The molecule has 2 aromatic rings. The van der Waals surface area contributed by atoms with Gasteiger partial charge in [-0.25, -0.2) is 4.68 Å². The van der Waals surface area contributed by atoms with Crippen LogP contribution in [0.4, 0.5) is 5.69 Å². The molecule has 0 atom stereocenters. The van der Waals surface area contributed by atoms with Crippen LogP contribution in [-0.4, -0.2) is 16.9 Å². The first-order chi connectivity index (χ1) is 9.06. The molecule has 0 aliphatic rings. The van der Waals surface area contributed by atoms with E-state index < -0.39 is 0 Å². The number of nitrogens with zero attached hydrogens (tertiary/aromatic N) is 2. The first kappa shape index (κ1) is 13.4. The van der Waals surface area contributed by atoms with Gasteiger partial charge in [0.2, 0.25) is 0 Å². The number of rotatable bonds is 3. The molecule has 1 heterocycles. The standard InChI is InChI=1S/C13H14ClN3O2/c1-3-17-13(18)10(15)7-11(16-17)8-4-5-12(19-2)9(14)6-8/h4-7H,3,15H2,1-2H3. The van der Waals surface area contributed by atoms with Crippen molar-refractivity contribution >= 4 is 17.3 Å². The average molecular weight is 280 g/mol. The van der Waals surface area contributed by atoms with Gasteiger partial charge in [0.05, 0.1) is 17.8 Å². The topological polar surface area (TPSA) is 70.1 Å². The molecule has 0 unspecified atom stereocenters. The van der Waals surface area contributed by atoms with Gasteiger partial charge in [-0.3, -0.25) is 4.79 Å². The van der Waals surface area contributed by atoms with Crippen molar-refractivity contribution in [2.45, 2.75) is 13.5 Å². The molecular formula is C13H14ClN3O2. The molecule has 0 saturated heterocycles. The summed E-state index contributed by atoms with van der Waals surface area (Å²) in [6, 6.07) is 6.84. The van der Waals surface area contributed by atoms with E-state index in [1.807, 2.05) is 13.0 Å². The lowest BCUT2D eigenvalue weighted by Gasteiger charge is -2.08. The fraction of sp³-hybridized carbons (Fsp3) is 0.231. The van der Waals surface area contributed by atoms with Gasteiger partial charge in [0.1, 0.15) is 11.4 Å². The Kier molecular flexibility index (Phi) is 3.76. The number of hydrogen-bond donors (Lipinski definition) is 1. The number of benzene rings is 1. The molecular weight excluding hydrogens is 266 g/mol. The van der Waals surface area contributed by atoms with Gasteiger partial charge >= 0.3 is 0 Å². The quantitative estimate of drug-likeness (QED) is 0.935. The number of nitrogens with two attached hydrogens (primary N) is 1. The van der Waals surface area contributed by atoms with Crippen LogP contribution in [0, 0.1) is 0 Å². The van der Waals surface area contributed by atoms with E-state index in [9.17, 15) is 4.79 Å². The third-order valence-electron chi connectivity index (χ3n) is 2.75. The van der Waals surface area contributed by atoms with Crippen molar-refractivity contribution in [2.24, 2.45) is 0 Å². The van der Waals surface area contributed by atoms with Gasteiger partial charge in [-0.2, -0.15) is 5.10 Å². The summed E-state index contributed by atoms with van der Waals surface area (Å²) in [6.07, 6.45) is 0. The van der Waals surface area contributed by atoms with Crippen LogP contribution in [0.2, 0.25) is 5.02 Å². The molecule has 0 bridgehead atoms. The van der Waals surface area contributed by atoms with E-state index >= 15 is 0 Å². The van der Waals surface area contributed by atoms with E-state index in [2.05, 4.69) is 5.10 Å². The summed E-state index contributed by atoms with van der Waals surface area (Å²) < 4.78 is 6.41. The van der Waals surface area contributed by atoms with Crippen molar-refractivity contribution in [1.82, 2.24) is 9.78 Å². The summed E-state index contributed by atoms with van der Waals surface area (Å²) in [7, 11) is 1.55. The fourth-order valence-corrected chi connectivity index (χ4v) is 2.00. The Bertz CT molecular complexity index is 667. The van der Waals surface area contributed by atoms with Crippen molar-refractivity contribution < 1.29 is 4.74 Å². The van der Waals surface area contributed by atoms with Crippen LogP contribution in [0.15, 0.2) is 29.1 Å². The van der Waals surface area contributed by atoms with Crippen LogP contribution in [0.1, 0.15) is 6.92 Å². The predicted octanol–water partition coefficient (Wildman–Crippen LogP) is 2.17. The van der Waals surface area contributed by atoms with Crippen molar-refractivity contribution in [3.8, 4) is 17.0 Å². The maximum absolute atomic E-state index is 11.7. The van der Waals surface area contributed by atoms with Crippen LogP contribution in [0.25, 0.3) is 11.3 Å². The second kappa shape index (κ2) is 5.32. The van der Waals surface area contributed by atoms with Crippen LogP contribution in [0.3, 0.4) is 0 Å². The van der Waals surface area contributed by atoms with Crippen molar-refractivity contribution in [2.75, 3.05) is 12.8 Å². The number of nitrogen functional groups attached to an aromatic ring is 1. The maximum Gasteiger partial charge on any atom is 0.289 e. The highest BCUT2D eigenvalue weighted by Gasteiger charge is 2.09. The number of anilines is 1. The lowest BCUT2D eigenvalue weighted by atomic mass is 10.1. The van der Waals surface area contributed by atoms with E-state index in [-0.39, 0.29) is 11.2 Å². The second-order valence-electron chi connectivity index (χ2n) is 3.96. The van der Waals surface area contributed by atoms with Crippen molar-refractivity contribution in [1.29, 1.82) is 0 Å². The lowest BCUT2D eigenvalue weighted by molar-refractivity contribution is 0.415. The van der Waals surface area contributed by atoms with E-state index in [0.717, 1.165) is 5.56 Å². The van der Waals surface area contributed by atoms with E-state index in [1.54, 1.807) is 25.3 Å². The molecule has 2 N–H and O–H groups in total. The highest BCUT2D eigenvalue weighted by atomic mass is 35.5. The highest BCUT2D eigenvalue weighted by molar-refractivity contribution is 6.32. The zero-order valence-corrected chi connectivity index (χ0v) is 11.4. The lowest BCUT2D eigenvalue weighted by Crippen LogP contribution is -2.24. The first-order valence-corrected chi connectivity index (χ1v) is 6.16. The Morgan fingerprint density at radius 1 is 1.42 bits per heavy atom. The van der Waals surface area contributed by atoms with Gasteiger partial charge < -0.3 is 10.5 Å². The minimum Gasteiger partial charge on any atom is -0.495 e. The number of methoxy groups -OCH3 is 1. The molecule has 0 aliphatic heterocycles. The van der Waals surface area contributed by atoms with Gasteiger partial charge in [-0.1, -0.05) is 11.6 Å². The van der Waals surface area contributed by atoms with Crippen LogP contribution in [0.5, 0.6) is 5.75 Å². The first-order valence-electron chi connectivity index (χ1n) is 5.78. The predicted molar refractivity (Wildman–Crippen MR) is 75.6 cm³/mol. The molecule has 100 valence electrons. The monoisotopic (exact) mass is 279 g/mol. The Hall–Kier alpha value is -2.01. The normalized spacial score (nSPS) is 10.5. The van der Waals surface area contributed by atoms with Crippen molar-refractivity contribution in [3.63, 3.8) is 0 Å². The second-order valence-corrected chi connectivity index (χ2v) is 4.36. The zero-order chi connectivity index (χ0) is 14.0. The summed E-state index contributed by atoms with van der Waals surface area (Å²) in [6.45, 7) is 2.29. The molecule has 1 aromatic heterocycles. The zero-order valence-electron chi connectivity index (χ0n) is 10.7. The fourth-order valence-electron chi connectivity index (χ4n) is 1.74. The minimum absolute atomic E-state index is 0.166. The Morgan fingerprint density at radius 2 is 2.16 bits per heavy atom. The van der Waals surface area contributed by atoms with Gasteiger partial charge in [-0.05, 0) is 31.2 Å². The van der Waals surface area contributed by atoms with Crippen molar-refractivity contribution in [3.05, 3.63) is 39.6 Å². The molecule has 0 saturated carbocycles. The molecule has 0 amide bonds. The summed E-state index contributed by atoms with van der Waals surface area (Å²) >= 11 is 6.07. The minimum atomic E-state index is -0.286. The Labute approximate surface area is 115 Å². The van der Waals surface area contributed by atoms with Gasteiger partial charge in [-0.15, -0.1) is 0 Å². The van der Waals surface area contributed by atoms with E-state index in [1.165, 1.54) is 4.68 Å². The van der Waals surface area contributed by atoms with Gasteiger partial charge in [0.25, 0.3) is 5.56 Å². The van der Waals surface area contributed by atoms with E-state index in [4.69, 9.17) is 22.1 Å². The van der Waals surface area contributed by atoms with Crippen LogP contribution in [-0.2, 0) is 6.54 Å². The number of hydrogen-bond acceptors (Lipinski definition) is 4. The van der Waals surface area contributed by atoms with E-state index in [0.29, 0.717) is 23.0 Å². The summed E-state index contributed by atoms with van der Waals surface area (Å²) in [5, 5.41) is 4.72. The van der Waals surface area contributed by atoms with Gasteiger partial charge in [0.15, 0.2) is 0 Å². The molecule has 19 heavy (non-hydrogen) atoms. The summed E-state index contributed by atoms with van der Waals surface area (Å²) in [5.41, 5.74) is 6.95. The molecule has 0 spiro atoms. The van der Waals surface area contributed by atoms with Crippen LogP contribution >= 0.6 is 11.6 Å². The Balaban J connectivity index is 2.56. The SMILES string of the molecule is CCn1nc(-c2ccc(OC)c(Cl)c2)cc(N)c1=O. The largest absolute Gasteiger partial charge is 0.495 e. The molecule has 5 nitrogen and oxygen atoms in total. The Morgan fingerprint density at radius 3 is 2.74 bits per heavy atom. The number of ether oxygens (including phenoxy) is 1. The molecule has 0 radical (unpaired) electrons. The third-order valence-corrected chi connectivity index (χ3v) is 3.04. The number of aryl methyl sites for hydroxylation is 1. The average Bonchev–Trinajstić information content (AvgIpc) is 2.41.